The highest BCUT2D eigenvalue weighted by atomic mass is 19.1. The third-order valence-corrected chi connectivity index (χ3v) is 6.90. The Balaban J connectivity index is 1.62. The molecule has 132 valence electrons. The number of rotatable bonds is 8. The highest BCUT2D eigenvalue weighted by Gasteiger charge is 2.48. The van der Waals surface area contributed by atoms with E-state index in [1.165, 1.54) is 49.7 Å². The van der Waals surface area contributed by atoms with Gasteiger partial charge in [0.25, 0.3) is 0 Å². The van der Waals surface area contributed by atoms with E-state index < -0.39 is 0 Å². The summed E-state index contributed by atoms with van der Waals surface area (Å²) in [6.07, 6.45) is 11.7. The van der Waals surface area contributed by atoms with Gasteiger partial charge in [-0.3, -0.25) is 9.18 Å². The molecule has 1 nitrogen and oxygen atoms in total. The number of halogens is 1. The van der Waals surface area contributed by atoms with Crippen LogP contribution in [0.1, 0.15) is 82.3 Å². The standard InChI is InChI=1S/C22H31FO/c1-2-20(24)9-10-21-11-14-22(15-12-21,16-13-21)19-7-5-18(6-8-19)4-3-17-23/h5-8H,2-4,9-17H2,1H3. The number of ketones is 1. The molecule has 1 aromatic carbocycles. The molecule has 0 spiro atoms. The molecule has 0 N–H and O–H groups in total. The van der Waals surface area contributed by atoms with Crippen LogP contribution >= 0.6 is 0 Å². The first-order valence-electron chi connectivity index (χ1n) is 9.79. The lowest BCUT2D eigenvalue weighted by Gasteiger charge is -2.54. The molecule has 0 amide bonds. The van der Waals surface area contributed by atoms with E-state index in [-0.39, 0.29) is 6.67 Å². The van der Waals surface area contributed by atoms with Crippen LogP contribution in [0.4, 0.5) is 4.39 Å². The summed E-state index contributed by atoms with van der Waals surface area (Å²) in [5, 5.41) is 0. The van der Waals surface area contributed by atoms with Crippen molar-refractivity contribution in [1.29, 1.82) is 0 Å². The topological polar surface area (TPSA) is 17.1 Å². The predicted molar refractivity (Wildman–Crippen MR) is 97.1 cm³/mol. The SMILES string of the molecule is CCC(=O)CCC12CCC(c3ccc(CCCF)cc3)(CC1)CC2. The summed E-state index contributed by atoms with van der Waals surface area (Å²) >= 11 is 0. The van der Waals surface area contributed by atoms with Crippen LogP contribution in [0.3, 0.4) is 0 Å². The fourth-order valence-electron chi connectivity index (χ4n) is 4.95. The zero-order valence-electron chi connectivity index (χ0n) is 15.1. The van der Waals surface area contributed by atoms with Crippen molar-refractivity contribution in [1.82, 2.24) is 0 Å². The summed E-state index contributed by atoms with van der Waals surface area (Å²) in [7, 11) is 0. The summed E-state index contributed by atoms with van der Waals surface area (Å²) in [5.74, 6) is 0.427. The molecule has 2 heteroatoms. The minimum Gasteiger partial charge on any atom is -0.300 e. The van der Waals surface area contributed by atoms with Crippen LogP contribution in [0, 0.1) is 5.41 Å². The highest BCUT2D eigenvalue weighted by Crippen LogP contribution is 2.59. The molecule has 0 unspecified atom stereocenters. The monoisotopic (exact) mass is 330 g/mol. The number of carbonyl (C=O) groups excluding carboxylic acids is 1. The molecule has 3 fully saturated rings. The zero-order valence-corrected chi connectivity index (χ0v) is 15.1. The summed E-state index contributed by atoms with van der Waals surface area (Å²) in [5.41, 5.74) is 3.57. The Morgan fingerprint density at radius 2 is 1.67 bits per heavy atom. The van der Waals surface area contributed by atoms with Crippen LogP contribution in [0.25, 0.3) is 0 Å². The molecular formula is C22H31FO. The maximum absolute atomic E-state index is 12.3. The Labute approximate surface area is 146 Å². The number of fused-ring (bicyclic) bond motifs is 3. The lowest BCUT2D eigenvalue weighted by molar-refractivity contribution is -0.119. The third-order valence-electron chi connectivity index (χ3n) is 6.90. The Kier molecular flexibility index (Phi) is 5.42. The van der Waals surface area contributed by atoms with Gasteiger partial charge < -0.3 is 0 Å². The molecule has 0 saturated heterocycles. The van der Waals surface area contributed by atoms with E-state index in [1.807, 2.05) is 6.92 Å². The van der Waals surface area contributed by atoms with Gasteiger partial charge >= 0.3 is 0 Å². The molecular weight excluding hydrogens is 299 g/mol. The fourth-order valence-corrected chi connectivity index (χ4v) is 4.95. The van der Waals surface area contributed by atoms with E-state index >= 15 is 0 Å². The van der Waals surface area contributed by atoms with Gasteiger partial charge in [-0.15, -0.1) is 0 Å². The summed E-state index contributed by atoms with van der Waals surface area (Å²) < 4.78 is 12.3. The predicted octanol–water partition coefficient (Wildman–Crippen LogP) is 5.94. The zero-order chi connectivity index (χ0) is 17.0. The van der Waals surface area contributed by atoms with Gasteiger partial charge in [0.05, 0.1) is 6.67 Å². The highest BCUT2D eigenvalue weighted by molar-refractivity contribution is 5.78. The van der Waals surface area contributed by atoms with Gasteiger partial charge in [-0.1, -0.05) is 31.2 Å². The lowest BCUT2D eigenvalue weighted by Crippen LogP contribution is -2.44. The van der Waals surface area contributed by atoms with Crippen molar-refractivity contribution in [3.05, 3.63) is 35.4 Å². The number of hydrogen-bond acceptors (Lipinski definition) is 1. The quantitative estimate of drug-likeness (QED) is 0.576. The molecule has 1 aromatic rings. The summed E-state index contributed by atoms with van der Waals surface area (Å²) in [6.45, 7) is 1.75. The number of hydrogen-bond donors (Lipinski definition) is 0. The van der Waals surface area contributed by atoms with Gasteiger partial charge in [-0.05, 0) is 79.7 Å². The fraction of sp³-hybridized carbons (Fsp3) is 0.682. The number of alkyl halides is 1. The maximum atomic E-state index is 12.3. The molecule has 0 heterocycles. The second-order valence-electron chi connectivity index (χ2n) is 8.16. The summed E-state index contributed by atoms with van der Waals surface area (Å²) in [4.78, 5) is 11.7. The van der Waals surface area contributed by atoms with E-state index in [0.29, 0.717) is 29.5 Å². The largest absolute Gasteiger partial charge is 0.300 e. The van der Waals surface area contributed by atoms with Crippen molar-refractivity contribution >= 4 is 5.78 Å². The van der Waals surface area contributed by atoms with Crippen LogP contribution in [-0.4, -0.2) is 12.5 Å². The van der Waals surface area contributed by atoms with Gasteiger partial charge in [0.1, 0.15) is 5.78 Å². The van der Waals surface area contributed by atoms with E-state index in [9.17, 15) is 9.18 Å². The lowest BCUT2D eigenvalue weighted by atomic mass is 9.51. The number of carbonyl (C=O) groups is 1. The van der Waals surface area contributed by atoms with Crippen molar-refractivity contribution < 1.29 is 9.18 Å². The van der Waals surface area contributed by atoms with E-state index in [1.54, 1.807) is 0 Å². The van der Waals surface area contributed by atoms with E-state index in [4.69, 9.17) is 0 Å². The molecule has 24 heavy (non-hydrogen) atoms. The van der Waals surface area contributed by atoms with Crippen molar-refractivity contribution in [3.63, 3.8) is 0 Å². The second kappa shape index (κ2) is 7.37. The van der Waals surface area contributed by atoms with Gasteiger partial charge in [-0.25, -0.2) is 0 Å². The molecule has 3 saturated carbocycles. The molecule has 2 bridgehead atoms. The van der Waals surface area contributed by atoms with Crippen LogP contribution in [0.15, 0.2) is 24.3 Å². The van der Waals surface area contributed by atoms with Crippen LogP contribution in [0.5, 0.6) is 0 Å². The first-order chi connectivity index (χ1) is 11.6. The molecule has 3 aliphatic rings. The second-order valence-corrected chi connectivity index (χ2v) is 8.16. The van der Waals surface area contributed by atoms with Crippen molar-refractivity contribution in [2.75, 3.05) is 6.67 Å². The molecule has 0 aliphatic heterocycles. The Morgan fingerprint density at radius 1 is 1.04 bits per heavy atom. The minimum atomic E-state index is -0.228. The smallest absolute Gasteiger partial charge is 0.132 e. The first-order valence-corrected chi connectivity index (χ1v) is 9.79. The Bertz CT molecular complexity index is 535. The number of Topliss-reactive ketones (excluding diaryl/α,β-unsaturated/α-hetero) is 1. The Morgan fingerprint density at radius 3 is 2.21 bits per heavy atom. The van der Waals surface area contributed by atoms with E-state index in [2.05, 4.69) is 24.3 Å². The molecule has 0 atom stereocenters. The average Bonchev–Trinajstić information content (AvgIpc) is 2.66. The van der Waals surface area contributed by atoms with E-state index in [0.717, 1.165) is 19.3 Å². The van der Waals surface area contributed by atoms with Gasteiger partial charge in [-0.2, -0.15) is 0 Å². The molecule has 0 radical (unpaired) electrons. The van der Waals surface area contributed by atoms with Crippen LogP contribution in [-0.2, 0) is 16.6 Å². The van der Waals surface area contributed by atoms with Crippen molar-refractivity contribution in [2.24, 2.45) is 5.41 Å². The van der Waals surface area contributed by atoms with Gasteiger partial charge in [0.15, 0.2) is 0 Å². The maximum Gasteiger partial charge on any atom is 0.132 e. The average molecular weight is 330 g/mol. The molecule has 3 aliphatic carbocycles. The van der Waals surface area contributed by atoms with Crippen LogP contribution < -0.4 is 0 Å². The number of benzene rings is 1. The molecule has 4 rings (SSSR count). The summed E-state index contributed by atoms with van der Waals surface area (Å²) in [6, 6.07) is 9.01. The normalized spacial score (nSPS) is 28.9. The third kappa shape index (κ3) is 3.58. The van der Waals surface area contributed by atoms with Crippen molar-refractivity contribution in [2.45, 2.75) is 83.0 Å². The molecule has 0 aromatic heterocycles. The van der Waals surface area contributed by atoms with Gasteiger partial charge in [0, 0.05) is 12.8 Å². The Hall–Kier alpha value is -1.18. The number of aryl methyl sites for hydroxylation is 1. The minimum absolute atomic E-state index is 0.228. The van der Waals surface area contributed by atoms with Crippen molar-refractivity contribution in [3.8, 4) is 0 Å². The van der Waals surface area contributed by atoms with Crippen LogP contribution in [0.2, 0.25) is 0 Å². The first kappa shape index (κ1) is 17.6. The van der Waals surface area contributed by atoms with Gasteiger partial charge in [0.2, 0.25) is 0 Å².